The van der Waals surface area contributed by atoms with Gasteiger partial charge >= 0.3 is 0 Å². The largest absolute Gasteiger partial charge is 0.392 e. The van der Waals surface area contributed by atoms with Gasteiger partial charge in [-0.05, 0) is 34.0 Å². The average molecular weight is 308 g/mol. The van der Waals surface area contributed by atoms with Crippen LogP contribution in [-0.2, 0) is 0 Å². The maximum Gasteiger partial charge on any atom is 0.0647 e. The van der Waals surface area contributed by atoms with E-state index in [2.05, 4.69) is 25.9 Å². The molecule has 0 aromatic heterocycles. The Balaban J connectivity index is 0. The van der Waals surface area contributed by atoms with Gasteiger partial charge in [-0.15, -0.1) is 11.6 Å². The van der Waals surface area contributed by atoms with Crippen molar-refractivity contribution in [3.63, 3.8) is 0 Å². The van der Waals surface area contributed by atoms with Crippen molar-refractivity contribution in [2.24, 2.45) is 0 Å². The number of nitrogens with zero attached hydrogens (tertiary/aromatic N) is 1. The SMILES string of the molecule is CC(O)CCl.CCCCCCCCCCCCN(C)C. The molecule has 0 saturated carbocycles. The zero-order chi connectivity index (χ0) is 15.6. The fourth-order valence-electron chi connectivity index (χ4n) is 1.92. The Morgan fingerprint density at radius 3 is 1.50 bits per heavy atom. The second-order valence-corrected chi connectivity index (χ2v) is 6.30. The Morgan fingerprint density at radius 2 is 1.20 bits per heavy atom. The van der Waals surface area contributed by atoms with E-state index in [1.165, 1.54) is 70.8 Å². The topological polar surface area (TPSA) is 23.5 Å². The molecule has 124 valence electrons. The summed E-state index contributed by atoms with van der Waals surface area (Å²) < 4.78 is 0. The van der Waals surface area contributed by atoms with Crippen LogP contribution in [0.1, 0.15) is 78.1 Å². The molecule has 0 aromatic rings. The van der Waals surface area contributed by atoms with Gasteiger partial charge in [-0.3, -0.25) is 0 Å². The third-order valence-corrected chi connectivity index (χ3v) is 3.63. The van der Waals surface area contributed by atoms with E-state index < -0.39 is 0 Å². The molecular weight excluding hydrogens is 270 g/mol. The lowest BCUT2D eigenvalue weighted by atomic mass is 10.1. The van der Waals surface area contributed by atoms with E-state index in [-0.39, 0.29) is 6.10 Å². The molecule has 0 aliphatic rings. The van der Waals surface area contributed by atoms with Crippen LogP contribution in [0.4, 0.5) is 0 Å². The number of alkyl halides is 1. The van der Waals surface area contributed by atoms with Gasteiger partial charge in [0.25, 0.3) is 0 Å². The van der Waals surface area contributed by atoms with E-state index in [0.717, 1.165) is 0 Å². The van der Waals surface area contributed by atoms with Crippen molar-refractivity contribution in [1.82, 2.24) is 4.90 Å². The molecule has 0 amide bonds. The molecule has 0 fully saturated rings. The molecular formula is C17H38ClNO. The van der Waals surface area contributed by atoms with Crippen molar-refractivity contribution in [2.45, 2.75) is 84.2 Å². The van der Waals surface area contributed by atoms with Crippen LogP contribution in [0.25, 0.3) is 0 Å². The van der Waals surface area contributed by atoms with Crippen LogP contribution in [-0.4, -0.2) is 42.6 Å². The minimum Gasteiger partial charge on any atom is -0.392 e. The molecule has 0 aliphatic carbocycles. The molecule has 0 aliphatic heterocycles. The van der Waals surface area contributed by atoms with Crippen molar-refractivity contribution in [3.05, 3.63) is 0 Å². The fourth-order valence-corrected chi connectivity index (χ4v) is 1.92. The normalized spacial score (nSPS) is 12.2. The predicted molar refractivity (Wildman–Crippen MR) is 92.8 cm³/mol. The Labute approximate surface area is 132 Å². The third-order valence-electron chi connectivity index (χ3n) is 3.18. The first kappa shape index (κ1) is 22.5. The maximum atomic E-state index is 8.23. The summed E-state index contributed by atoms with van der Waals surface area (Å²) in [6.07, 6.45) is 14.0. The molecule has 0 spiro atoms. The van der Waals surface area contributed by atoms with Gasteiger partial charge in [-0.2, -0.15) is 0 Å². The minimum atomic E-state index is -0.350. The first-order valence-electron chi connectivity index (χ1n) is 8.43. The lowest BCUT2D eigenvalue weighted by molar-refractivity contribution is 0.219. The number of halogens is 1. The van der Waals surface area contributed by atoms with Crippen LogP contribution in [0.3, 0.4) is 0 Å². The van der Waals surface area contributed by atoms with Crippen LogP contribution in [0.2, 0.25) is 0 Å². The van der Waals surface area contributed by atoms with Crippen molar-refractivity contribution in [1.29, 1.82) is 0 Å². The monoisotopic (exact) mass is 307 g/mol. The Bertz CT molecular complexity index is 163. The summed E-state index contributed by atoms with van der Waals surface area (Å²) in [6.45, 7) is 5.19. The summed E-state index contributed by atoms with van der Waals surface area (Å²) in [6, 6.07) is 0. The van der Waals surface area contributed by atoms with E-state index in [4.69, 9.17) is 16.7 Å². The minimum absolute atomic E-state index is 0.333. The van der Waals surface area contributed by atoms with Gasteiger partial charge in [0.2, 0.25) is 0 Å². The van der Waals surface area contributed by atoms with Crippen molar-refractivity contribution in [2.75, 3.05) is 26.5 Å². The number of unbranched alkanes of at least 4 members (excludes halogenated alkanes) is 9. The number of aliphatic hydroxyl groups excluding tert-OH is 1. The van der Waals surface area contributed by atoms with E-state index in [0.29, 0.717) is 5.88 Å². The van der Waals surface area contributed by atoms with Gasteiger partial charge in [0.15, 0.2) is 0 Å². The molecule has 1 unspecified atom stereocenters. The van der Waals surface area contributed by atoms with Gasteiger partial charge in [-0.1, -0.05) is 64.7 Å². The first-order chi connectivity index (χ1) is 9.54. The van der Waals surface area contributed by atoms with Gasteiger partial charge in [0.05, 0.1) is 6.10 Å². The fraction of sp³-hybridized carbons (Fsp3) is 1.00. The van der Waals surface area contributed by atoms with Crippen molar-refractivity contribution < 1.29 is 5.11 Å². The van der Waals surface area contributed by atoms with E-state index in [1.807, 2.05) is 0 Å². The van der Waals surface area contributed by atoms with E-state index in [9.17, 15) is 0 Å². The second kappa shape index (κ2) is 19.2. The highest BCUT2D eigenvalue weighted by molar-refractivity contribution is 6.18. The zero-order valence-corrected chi connectivity index (χ0v) is 15.1. The van der Waals surface area contributed by atoms with Gasteiger partial charge in [0.1, 0.15) is 0 Å². The highest BCUT2D eigenvalue weighted by Gasteiger charge is 1.93. The van der Waals surface area contributed by atoms with Gasteiger partial charge in [0, 0.05) is 5.88 Å². The molecule has 1 atom stereocenters. The smallest absolute Gasteiger partial charge is 0.0647 e. The first-order valence-corrected chi connectivity index (χ1v) is 8.96. The molecule has 2 nitrogen and oxygen atoms in total. The molecule has 0 saturated heterocycles. The highest BCUT2D eigenvalue weighted by Crippen LogP contribution is 2.10. The van der Waals surface area contributed by atoms with E-state index >= 15 is 0 Å². The number of aliphatic hydroxyl groups is 1. The van der Waals surface area contributed by atoms with Crippen molar-refractivity contribution >= 4 is 11.6 Å². The summed E-state index contributed by atoms with van der Waals surface area (Å²) in [5.41, 5.74) is 0. The van der Waals surface area contributed by atoms with Crippen LogP contribution in [0, 0.1) is 0 Å². The van der Waals surface area contributed by atoms with Crippen LogP contribution in [0.5, 0.6) is 0 Å². The Kier molecular flexibility index (Phi) is 21.6. The lowest BCUT2D eigenvalue weighted by Gasteiger charge is -2.08. The molecule has 3 heteroatoms. The lowest BCUT2D eigenvalue weighted by Crippen LogP contribution is -2.12. The third kappa shape index (κ3) is 26.7. The molecule has 0 radical (unpaired) electrons. The summed E-state index contributed by atoms with van der Waals surface area (Å²) in [7, 11) is 4.32. The number of hydrogen-bond donors (Lipinski definition) is 1. The summed E-state index contributed by atoms with van der Waals surface area (Å²) >= 11 is 5.09. The number of rotatable bonds is 12. The van der Waals surface area contributed by atoms with Crippen molar-refractivity contribution in [3.8, 4) is 0 Å². The summed E-state index contributed by atoms with van der Waals surface area (Å²) in [5.74, 6) is 0.333. The molecule has 0 bridgehead atoms. The van der Waals surface area contributed by atoms with Crippen LogP contribution < -0.4 is 0 Å². The quantitative estimate of drug-likeness (QED) is 0.402. The molecule has 0 heterocycles. The maximum absolute atomic E-state index is 8.23. The Morgan fingerprint density at radius 1 is 0.850 bits per heavy atom. The van der Waals surface area contributed by atoms with Gasteiger partial charge < -0.3 is 10.0 Å². The summed E-state index contributed by atoms with van der Waals surface area (Å²) in [5, 5.41) is 8.23. The molecule has 0 rings (SSSR count). The number of hydrogen-bond acceptors (Lipinski definition) is 2. The average Bonchev–Trinajstić information content (AvgIpc) is 2.41. The highest BCUT2D eigenvalue weighted by atomic mass is 35.5. The van der Waals surface area contributed by atoms with Crippen LogP contribution in [0.15, 0.2) is 0 Å². The summed E-state index contributed by atoms with van der Waals surface area (Å²) in [4.78, 5) is 2.28. The van der Waals surface area contributed by atoms with Crippen LogP contribution >= 0.6 is 11.6 Å². The standard InChI is InChI=1S/C14H31N.C3H7ClO/c1-4-5-6-7-8-9-10-11-12-13-14-15(2)3;1-3(5)2-4/h4-14H2,1-3H3;3,5H,2H2,1H3. The second-order valence-electron chi connectivity index (χ2n) is 5.99. The van der Waals surface area contributed by atoms with Gasteiger partial charge in [-0.25, -0.2) is 0 Å². The Hall–Kier alpha value is 0.210. The molecule has 1 N–H and O–H groups in total. The molecule has 0 aromatic carbocycles. The zero-order valence-electron chi connectivity index (χ0n) is 14.3. The predicted octanol–water partition coefficient (Wildman–Crippen LogP) is 5.07. The molecule has 20 heavy (non-hydrogen) atoms. The van der Waals surface area contributed by atoms with E-state index in [1.54, 1.807) is 6.92 Å².